The smallest absolute Gasteiger partial charge is 0.326 e. The molecule has 1 saturated carbocycles. The first-order valence-corrected chi connectivity index (χ1v) is 11.9. The number of carbonyl (C=O) groups excluding carboxylic acids is 1. The molecule has 2 aromatic carbocycles. The molecule has 2 atom stereocenters. The fourth-order valence-corrected chi connectivity index (χ4v) is 5.13. The number of hydrogen-bond donors (Lipinski definition) is 2. The van der Waals surface area contributed by atoms with Crippen LogP contribution in [0.1, 0.15) is 19.3 Å². The highest BCUT2D eigenvalue weighted by molar-refractivity contribution is 7.89. The predicted octanol–water partition coefficient (Wildman–Crippen LogP) is 3.08. The van der Waals surface area contributed by atoms with E-state index in [1.54, 1.807) is 0 Å². The van der Waals surface area contributed by atoms with E-state index in [0.717, 1.165) is 12.1 Å². The summed E-state index contributed by atoms with van der Waals surface area (Å²) in [5, 5.41) is 3.03. The van der Waals surface area contributed by atoms with Crippen LogP contribution >= 0.6 is 11.6 Å². The van der Waals surface area contributed by atoms with Crippen LogP contribution in [-0.4, -0.2) is 28.8 Å². The van der Waals surface area contributed by atoms with Gasteiger partial charge in [0.2, 0.25) is 15.9 Å². The molecule has 156 valence electrons. The van der Waals surface area contributed by atoms with Crippen LogP contribution in [0, 0.1) is 5.92 Å². The van der Waals surface area contributed by atoms with Gasteiger partial charge >= 0.3 is 10.2 Å². The highest BCUT2D eigenvalue weighted by atomic mass is 35.5. The van der Waals surface area contributed by atoms with E-state index in [4.69, 9.17) is 11.6 Å². The Hall–Kier alpha value is -2.01. The van der Waals surface area contributed by atoms with Crippen molar-refractivity contribution in [1.29, 1.82) is 0 Å². The second kappa shape index (κ2) is 8.39. The van der Waals surface area contributed by atoms with Crippen LogP contribution in [-0.2, 0) is 25.0 Å². The largest absolute Gasteiger partial charge is 0.332 e. The minimum Gasteiger partial charge on any atom is -0.326 e. The fraction of sp³-hybridized carbons (Fsp3) is 0.278. The van der Waals surface area contributed by atoms with Crippen molar-refractivity contribution in [2.45, 2.75) is 35.1 Å². The van der Waals surface area contributed by atoms with Crippen LogP contribution < -0.4 is 10.0 Å². The Morgan fingerprint density at radius 1 is 0.931 bits per heavy atom. The molecule has 0 heterocycles. The van der Waals surface area contributed by atoms with Gasteiger partial charge in [0.25, 0.3) is 0 Å². The number of halogens is 2. The number of rotatable bonds is 6. The third-order valence-electron chi connectivity index (χ3n) is 4.69. The lowest BCUT2D eigenvalue weighted by molar-refractivity contribution is -0.120. The predicted molar refractivity (Wildman–Crippen MR) is 106 cm³/mol. The summed E-state index contributed by atoms with van der Waals surface area (Å²) in [4.78, 5) is 12.2. The molecule has 0 aliphatic heterocycles. The van der Waals surface area contributed by atoms with Gasteiger partial charge in [0.1, 0.15) is 0 Å². The Morgan fingerprint density at radius 2 is 1.52 bits per heavy atom. The first-order valence-electron chi connectivity index (χ1n) is 8.70. The molecule has 0 aromatic heterocycles. The first-order chi connectivity index (χ1) is 13.6. The molecule has 0 saturated heterocycles. The van der Waals surface area contributed by atoms with Crippen molar-refractivity contribution in [3.63, 3.8) is 0 Å². The molecule has 1 aliphatic rings. The van der Waals surface area contributed by atoms with Gasteiger partial charge in [-0.1, -0.05) is 18.0 Å². The van der Waals surface area contributed by atoms with Crippen molar-refractivity contribution in [3.8, 4) is 0 Å². The van der Waals surface area contributed by atoms with Crippen molar-refractivity contribution in [2.24, 2.45) is 5.92 Å². The van der Waals surface area contributed by atoms with E-state index in [2.05, 4.69) is 10.0 Å². The van der Waals surface area contributed by atoms with Crippen molar-refractivity contribution < 1.29 is 25.5 Å². The van der Waals surface area contributed by atoms with Gasteiger partial charge in [-0.25, -0.2) is 13.1 Å². The van der Waals surface area contributed by atoms with E-state index >= 15 is 0 Å². The van der Waals surface area contributed by atoms with Crippen molar-refractivity contribution in [2.75, 3.05) is 5.32 Å². The van der Waals surface area contributed by atoms with Gasteiger partial charge in [0.05, 0.1) is 15.7 Å². The number of nitrogens with one attached hydrogen (secondary N) is 2. The number of benzene rings is 2. The number of amides is 1. The van der Waals surface area contributed by atoms with E-state index in [1.807, 2.05) is 0 Å². The molecule has 1 aliphatic carbocycles. The summed E-state index contributed by atoms with van der Waals surface area (Å²) in [5.74, 6) is -0.996. The summed E-state index contributed by atoms with van der Waals surface area (Å²) in [6.07, 6.45) is 1.67. The highest BCUT2D eigenvalue weighted by Gasteiger charge is 2.36. The maximum atomic E-state index is 12.9. The lowest BCUT2D eigenvalue weighted by Gasteiger charge is -2.20. The summed E-state index contributed by atoms with van der Waals surface area (Å²) >= 11 is 5.79. The van der Waals surface area contributed by atoms with E-state index in [9.17, 15) is 25.5 Å². The molecule has 2 aromatic rings. The molecule has 1 fully saturated rings. The zero-order chi connectivity index (χ0) is 21.2. The number of anilines is 1. The number of hydrogen-bond acceptors (Lipinski definition) is 5. The van der Waals surface area contributed by atoms with Crippen molar-refractivity contribution in [3.05, 3.63) is 53.6 Å². The zero-order valence-corrected chi connectivity index (χ0v) is 17.4. The second-order valence-corrected chi connectivity index (χ2v) is 10.2. The van der Waals surface area contributed by atoms with Gasteiger partial charge in [0, 0.05) is 16.8 Å². The molecule has 0 bridgehead atoms. The van der Waals surface area contributed by atoms with Gasteiger partial charge in [-0.3, -0.25) is 4.79 Å². The fourth-order valence-electron chi connectivity index (χ4n) is 3.23. The summed E-state index contributed by atoms with van der Waals surface area (Å²) in [5.41, 5.74) is 0.286. The Kier molecular flexibility index (Phi) is 6.27. The molecule has 3 rings (SSSR count). The maximum absolute atomic E-state index is 12.9. The molecule has 2 unspecified atom stereocenters. The van der Waals surface area contributed by atoms with E-state index in [1.165, 1.54) is 36.4 Å². The van der Waals surface area contributed by atoms with Crippen LogP contribution in [0.15, 0.2) is 58.3 Å². The lowest BCUT2D eigenvalue weighted by Crippen LogP contribution is -2.41. The van der Waals surface area contributed by atoms with Crippen molar-refractivity contribution in [1.82, 2.24) is 4.72 Å². The number of sulfonamides is 1. The molecule has 2 N–H and O–H groups in total. The Bertz CT molecular complexity index is 1100. The third kappa shape index (κ3) is 5.33. The Labute approximate surface area is 173 Å². The minimum absolute atomic E-state index is 0.0518. The normalized spacial score (nSPS) is 19.8. The SMILES string of the molecule is O=C(Nc1ccc(S(=O)(=O)F)cc1)C1CCCC1NS(=O)(=O)c1ccc(Cl)cc1. The Balaban J connectivity index is 1.70. The average molecular weight is 461 g/mol. The average Bonchev–Trinajstić information content (AvgIpc) is 3.09. The first kappa shape index (κ1) is 21.7. The molecule has 11 heteroatoms. The monoisotopic (exact) mass is 460 g/mol. The van der Waals surface area contributed by atoms with Crippen LogP contribution in [0.3, 0.4) is 0 Å². The van der Waals surface area contributed by atoms with Gasteiger partial charge in [0.15, 0.2) is 0 Å². The molecular weight excluding hydrogens is 443 g/mol. The second-order valence-electron chi connectivity index (χ2n) is 6.67. The summed E-state index contributed by atoms with van der Waals surface area (Å²) in [7, 11) is -8.64. The topological polar surface area (TPSA) is 109 Å². The molecular formula is C18H18ClFN2O5S2. The highest BCUT2D eigenvalue weighted by Crippen LogP contribution is 2.29. The van der Waals surface area contributed by atoms with Crippen molar-refractivity contribution >= 4 is 43.4 Å². The van der Waals surface area contributed by atoms with Gasteiger partial charge < -0.3 is 5.32 Å². The van der Waals surface area contributed by atoms with E-state index in [-0.39, 0.29) is 10.6 Å². The summed E-state index contributed by atoms with van der Waals surface area (Å²) in [6, 6.07) is 9.75. The summed E-state index contributed by atoms with van der Waals surface area (Å²) < 4.78 is 62.4. The zero-order valence-electron chi connectivity index (χ0n) is 15.0. The van der Waals surface area contributed by atoms with E-state index in [0.29, 0.717) is 24.3 Å². The molecule has 1 amide bonds. The van der Waals surface area contributed by atoms with Gasteiger partial charge in [-0.2, -0.15) is 8.42 Å². The maximum Gasteiger partial charge on any atom is 0.332 e. The molecule has 0 radical (unpaired) electrons. The van der Waals surface area contributed by atoms with Crippen LogP contribution in [0.2, 0.25) is 5.02 Å². The van der Waals surface area contributed by atoms with Crippen LogP contribution in [0.25, 0.3) is 0 Å². The van der Waals surface area contributed by atoms with Gasteiger partial charge in [-0.05, 0) is 61.4 Å². The van der Waals surface area contributed by atoms with E-state index < -0.39 is 43.0 Å². The third-order valence-corrected chi connectivity index (χ3v) is 7.28. The van der Waals surface area contributed by atoms with Crippen LogP contribution in [0.4, 0.5) is 9.57 Å². The van der Waals surface area contributed by atoms with Crippen LogP contribution in [0.5, 0.6) is 0 Å². The Morgan fingerprint density at radius 3 is 2.10 bits per heavy atom. The standard InChI is InChI=1S/C18H18ClFN2O5S2/c19-12-4-8-15(9-5-12)29(26,27)22-17-3-1-2-16(17)18(23)21-13-6-10-14(11-7-13)28(20,24)25/h4-11,16-17,22H,1-3H2,(H,21,23). The van der Waals surface area contributed by atoms with Gasteiger partial charge in [-0.15, -0.1) is 3.89 Å². The molecule has 29 heavy (non-hydrogen) atoms. The quantitative estimate of drug-likeness (QED) is 0.644. The minimum atomic E-state index is -4.82. The summed E-state index contributed by atoms with van der Waals surface area (Å²) in [6.45, 7) is 0. The number of carbonyl (C=O) groups is 1. The molecule has 7 nitrogen and oxygen atoms in total. The molecule has 0 spiro atoms. The lowest BCUT2D eigenvalue weighted by atomic mass is 10.0.